The van der Waals surface area contributed by atoms with Crippen molar-refractivity contribution in [1.82, 2.24) is 4.90 Å². The van der Waals surface area contributed by atoms with Gasteiger partial charge < -0.3 is 15.4 Å². The highest BCUT2D eigenvalue weighted by atomic mass is 16.5. The minimum atomic E-state index is 0.231. The van der Waals surface area contributed by atoms with Crippen LogP contribution >= 0.6 is 0 Å². The van der Waals surface area contributed by atoms with E-state index in [4.69, 9.17) is 10.5 Å². The van der Waals surface area contributed by atoms with Crippen LogP contribution in [0.1, 0.15) is 25.8 Å². The first-order valence-electron chi connectivity index (χ1n) is 6.64. The minimum absolute atomic E-state index is 0.231. The van der Waals surface area contributed by atoms with E-state index in [1.807, 2.05) is 18.2 Å². The second kappa shape index (κ2) is 7.39. The number of methoxy groups -OCH3 is 1. The number of hydrogen-bond acceptors (Lipinski definition) is 3. The van der Waals surface area contributed by atoms with Crippen LogP contribution in [0.15, 0.2) is 24.3 Å². The van der Waals surface area contributed by atoms with Gasteiger partial charge in [-0.05, 0) is 19.0 Å². The number of benzene rings is 1. The van der Waals surface area contributed by atoms with Gasteiger partial charge in [-0.25, -0.2) is 0 Å². The standard InChI is InChI=1S/C15H26N2O/c1-5-12(2)14(16)11-17(3)10-13-8-6-7-9-15(13)18-4/h6-9,12,14H,5,10-11,16H2,1-4H3. The number of nitrogens with two attached hydrogens (primary N) is 1. The van der Waals surface area contributed by atoms with Gasteiger partial charge in [0.2, 0.25) is 0 Å². The molecule has 0 radical (unpaired) electrons. The summed E-state index contributed by atoms with van der Waals surface area (Å²) in [7, 11) is 3.82. The normalized spacial score (nSPS) is 14.6. The molecule has 0 saturated carbocycles. The van der Waals surface area contributed by atoms with Crippen LogP contribution in [0, 0.1) is 5.92 Å². The molecule has 2 N–H and O–H groups in total. The number of hydrogen-bond donors (Lipinski definition) is 1. The first-order chi connectivity index (χ1) is 8.58. The van der Waals surface area contributed by atoms with E-state index in [9.17, 15) is 0 Å². The molecule has 0 aliphatic heterocycles. The van der Waals surface area contributed by atoms with Crippen molar-refractivity contribution in [3.05, 3.63) is 29.8 Å². The molecule has 0 aromatic heterocycles. The molecule has 2 unspecified atom stereocenters. The van der Waals surface area contributed by atoms with Gasteiger partial charge in [0, 0.05) is 24.7 Å². The maximum absolute atomic E-state index is 6.18. The lowest BCUT2D eigenvalue weighted by Crippen LogP contribution is -2.39. The van der Waals surface area contributed by atoms with E-state index in [0.29, 0.717) is 5.92 Å². The topological polar surface area (TPSA) is 38.5 Å². The smallest absolute Gasteiger partial charge is 0.123 e. The predicted octanol–water partition coefficient (Wildman–Crippen LogP) is 2.50. The monoisotopic (exact) mass is 250 g/mol. The lowest BCUT2D eigenvalue weighted by molar-refractivity contribution is 0.264. The Labute approximate surface area is 111 Å². The number of likely N-dealkylation sites (N-methyl/N-ethyl adjacent to an activating group) is 1. The Bertz CT molecular complexity index is 354. The number of nitrogens with zero attached hydrogens (tertiary/aromatic N) is 1. The molecule has 3 nitrogen and oxygen atoms in total. The Morgan fingerprint density at radius 2 is 2.00 bits per heavy atom. The summed E-state index contributed by atoms with van der Waals surface area (Å²) in [4.78, 5) is 2.26. The fourth-order valence-corrected chi connectivity index (χ4v) is 2.03. The van der Waals surface area contributed by atoms with E-state index in [-0.39, 0.29) is 6.04 Å². The fourth-order valence-electron chi connectivity index (χ4n) is 2.03. The number of ether oxygens (including phenoxy) is 1. The van der Waals surface area contributed by atoms with Gasteiger partial charge in [-0.2, -0.15) is 0 Å². The number of para-hydroxylation sites is 1. The Balaban J connectivity index is 2.56. The van der Waals surface area contributed by atoms with E-state index >= 15 is 0 Å². The highest BCUT2D eigenvalue weighted by Crippen LogP contribution is 2.19. The van der Waals surface area contributed by atoms with Gasteiger partial charge in [-0.15, -0.1) is 0 Å². The van der Waals surface area contributed by atoms with Gasteiger partial charge in [0.05, 0.1) is 7.11 Å². The third-order valence-electron chi connectivity index (χ3n) is 3.53. The van der Waals surface area contributed by atoms with Crippen molar-refractivity contribution in [1.29, 1.82) is 0 Å². The number of rotatable bonds is 7. The first-order valence-corrected chi connectivity index (χ1v) is 6.64. The second-order valence-electron chi connectivity index (χ2n) is 5.06. The van der Waals surface area contributed by atoms with Crippen LogP contribution in [0.3, 0.4) is 0 Å². The zero-order valence-corrected chi connectivity index (χ0v) is 12.0. The minimum Gasteiger partial charge on any atom is -0.496 e. The summed E-state index contributed by atoms with van der Waals surface area (Å²) in [6.45, 7) is 6.17. The molecule has 0 saturated heterocycles. The van der Waals surface area contributed by atoms with Crippen LogP contribution in [0.2, 0.25) is 0 Å². The average Bonchev–Trinajstić information content (AvgIpc) is 2.38. The first kappa shape index (κ1) is 15.0. The Morgan fingerprint density at radius 3 is 2.61 bits per heavy atom. The van der Waals surface area contributed by atoms with E-state index < -0.39 is 0 Å². The summed E-state index contributed by atoms with van der Waals surface area (Å²) in [5.74, 6) is 1.51. The largest absolute Gasteiger partial charge is 0.496 e. The summed E-state index contributed by atoms with van der Waals surface area (Å²) < 4.78 is 5.36. The van der Waals surface area contributed by atoms with Crippen LogP contribution in [-0.4, -0.2) is 31.6 Å². The van der Waals surface area contributed by atoms with Crippen molar-refractivity contribution in [2.75, 3.05) is 20.7 Å². The van der Waals surface area contributed by atoms with Gasteiger partial charge in [-0.3, -0.25) is 0 Å². The molecule has 1 rings (SSSR count). The molecule has 0 aliphatic carbocycles. The molecule has 1 aromatic carbocycles. The maximum atomic E-state index is 6.18. The summed E-state index contributed by atoms with van der Waals surface area (Å²) >= 11 is 0. The zero-order chi connectivity index (χ0) is 13.5. The molecular formula is C15H26N2O. The highest BCUT2D eigenvalue weighted by molar-refractivity contribution is 5.32. The lowest BCUT2D eigenvalue weighted by atomic mass is 9.99. The molecule has 0 aliphatic rings. The van der Waals surface area contributed by atoms with Crippen LogP contribution in [0.4, 0.5) is 0 Å². The molecule has 0 amide bonds. The van der Waals surface area contributed by atoms with Crippen LogP contribution in [0.5, 0.6) is 5.75 Å². The average molecular weight is 250 g/mol. The summed E-state index contributed by atoms with van der Waals surface area (Å²) in [6, 6.07) is 8.37. The van der Waals surface area contributed by atoms with Crippen LogP contribution in [-0.2, 0) is 6.54 Å². The second-order valence-corrected chi connectivity index (χ2v) is 5.06. The lowest BCUT2D eigenvalue weighted by Gasteiger charge is -2.25. The van der Waals surface area contributed by atoms with Gasteiger partial charge in [-0.1, -0.05) is 38.5 Å². The fraction of sp³-hybridized carbons (Fsp3) is 0.600. The Hall–Kier alpha value is -1.06. The van der Waals surface area contributed by atoms with E-state index in [1.165, 1.54) is 5.56 Å². The molecule has 0 fully saturated rings. The van der Waals surface area contributed by atoms with Crippen molar-refractivity contribution in [2.45, 2.75) is 32.9 Å². The predicted molar refractivity (Wildman–Crippen MR) is 76.8 cm³/mol. The summed E-state index contributed by atoms with van der Waals surface area (Å²) in [5, 5.41) is 0. The van der Waals surface area contributed by atoms with Crippen LogP contribution < -0.4 is 10.5 Å². The SMILES string of the molecule is CCC(C)C(N)CN(C)Cc1ccccc1OC. The van der Waals surface area contributed by atoms with Gasteiger partial charge in [0.15, 0.2) is 0 Å². The highest BCUT2D eigenvalue weighted by Gasteiger charge is 2.14. The summed E-state index contributed by atoms with van der Waals surface area (Å²) in [5.41, 5.74) is 7.39. The molecule has 2 atom stereocenters. The molecule has 3 heteroatoms. The summed E-state index contributed by atoms with van der Waals surface area (Å²) in [6.07, 6.45) is 1.13. The van der Waals surface area contributed by atoms with Crippen molar-refractivity contribution in [3.8, 4) is 5.75 Å². The quantitative estimate of drug-likeness (QED) is 0.808. The zero-order valence-electron chi connectivity index (χ0n) is 12.0. The molecule has 102 valence electrons. The van der Waals surface area contributed by atoms with Crippen molar-refractivity contribution >= 4 is 0 Å². The van der Waals surface area contributed by atoms with Gasteiger partial charge in [0.25, 0.3) is 0 Å². The Morgan fingerprint density at radius 1 is 1.33 bits per heavy atom. The van der Waals surface area contributed by atoms with Crippen molar-refractivity contribution < 1.29 is 4.74 Å². The van der Waals surface area contributed by atoms with Crippen molar-refractivity contribution in [3.63, 3.8) is 0 Å². The Kier molecular flexibility index (Phi) is 6.16. The third-order valence-corrected chi connectivity index (χ3v) is 3.53. The van der Waals surface area contributed by atoms with Gasteiger partial charge >= 0.3 is 0 Å². The molecule has 0 spiro atoms. The van der Waals surface area contributed by atoms with E-state index in [0.717, 1.165) is 25.3 Å². The van der Waals surface area contributed by atoms with E-state index in [1.54, 1.807) is 7.11 Å². The van der Waals surface area contributed by atoms with Gasteiger partial charge in [0.1, 0.15) is 5.75 Å². The molecular weight excluding hydrogens is 224 g/mol. The molecule has 0 bridgehead atoms. The maximum Gasteiger partial charge on any atom is 0.123 e. The molecule has 0 heterocycles. The molecule has 1 aromatic rings. The van der Waals surface area contributed by atoms with E-state index in [2.05, 4.69) is 31.9 Å². The molecule has 18 heavy (non-hydrogen) atoms. The van der Waals surface area contributed by atoms with Crippen LogP contribution in [0.25, 0.3) is 0 Å². The van der Waals surface area contributed by atoms with Crippen molar-refractivity contribution in [2.24, 2.45) is 11.7 Å². The third kappa shape index (κ3) is 4.31.